The molecule has 1 atom stereocenters. The van der Waals surface area contributed by atoms with Crippen LogP contribution in [0.3, 0.4) is 0 Å². The molecule has 0 saturated carbocycles. The average Bonchev–Trinajstić information content (AvgIpc) is 3.01. The van der Waals surface area contributed by atoms with Gasteiger partial charge in [0.25, 0.3) is 0 Å². The summed E-state index contributed by atoms with van der Waals surface area (Å²) in [6, 6.07) is 9.05. The van der Waals surface area contributed by atoms with Crippen molar-refractivity contribution >= 4 is 21.4 Å². The van der Waals surface area contributed by atoms with Crippen molar-refractivity contribution in [2.24, 2.45) is 0 Å². The van der Waals surface area contributed by atoms with Gasteiger partial charge in [0.1, 0.15) is 0 Å². The van der Waals surface area contributed by atoms with Gasteiger partial charge in [0.05, 0.1) is 11.6 Å². The van der Waals surface area contributed by atoms with Crippen molar-refractivity contribution in [2.45, 2.75) is 51.7 Å². The minimum atomic E-state index is -0.145. The van der Waals surface area contributed by atoms with Crippen LogP contribution in [0.2, 0.25) is 0 Å². The summed E-state index contributed by atoms with van der Waals surface area (Å²) < 4.78 is 7.40. The van der Waals surface area contributed by atoms with E-state index in [0.717, 1.165) is 25.8 Å². The first-order chi connectivity index (χ1) is 10.2. The molecule has 0 saturated heterocycles. The summed E-state index contributed by atoms with van der Waals surface area (Å²) >= 11 is 1.83. The molecular weight excluding hydrogens is 278 g/mol. The van der Waals surface area contributed by atoms with Gasteiger partial charge < -0.3 is 10.1 Å². The Bertz CT molecular complexity index is 551. The lowest BCUT2D eigenvalue weighted by atomic mass is 9.83. The Morgan fingerprint density at radius 1 is 1.19 bits per heavy atom. The van der Waals surface area contributed by atoms with Gasteiger partial charge in [-0.25, -0.2) is 0 Å². The molecule has 2 rings (SSSR count). The van der Waals surface area contributed by atoms with Gasteiger partial charge in [-0.1, -0.05) is 39.0 Å². The zero-order valence-electron chi connectivity index (χ0n) is 13.6. The van der Waals surface area contributed by atoms with Crippen molar-refractivity contribution in [2.75, 3.05) is 13.7 Å². The first-order valence-electron chi connectivity index (χ1n) is 7.97. The summed E-state index contributed by atoms with van der Waals surface area (Å²) in [6.45, 7) is 7.67. The lowest BCUT2D eigenvalue weighted by Gasteiger charge is -2.39. The van der Waals surface area contributed by atoms with Crippen LogP contribution >= 0.6 is 11.3 Å². The number of hydrogen-bond acceptors (Lipinski definition) is 3. The second-order valence-electron chi connectivity index (χ2n) is 5.55. The monoisotopic (exact) mass is 305 g/mol. The van der Waals surface area contributed by atoms with Crippen molar-refractivity contribution in [3.05, 3.63) is 35.2 Å². The molecule has 1 heterocycles. The van der Waals surface area contributed by atoms with Gasteiger partial charge in [0.15, 0.2) is 0 Å². The summed E-state index contributed by atoms with van der Waals surface area (Å²) in [5.74, 6) is 0. The van der Waals surface area contributed by atoms with E-state index in [1.807, 2.05) is 18.4 Å². The van der Waals surface area contributed by atoms with E-state index < -0.39 is 0 Å². The lowest BCUT2D eigenvalue weighted by molar-refractivity contribution is -0.0481. The molecule has 116 valence electrons. The number of benzene rings is 1. The second-order valence-corrected chi connectivity index (χ2v) is 6.47. The van der Waals surface area contributed by atoms with Crippen LogP contribution in [0.15, 0.2) is 29.6 Å². The van der Waals surface area contributed by atoms with Crippen LogP contribution in [0, 0.1) is 0 Å². The molecule has 1 aromatic heterocycles. The zero-order valence-corrected chi connectivity index (χ0v) is 14.4. The Kier molecular flexibility index (Phi) is 5.80. The largest absolute Gasteiger partial charge is 0.376 e. The number of hydrogen-bond donors (Lipinski definition) is 1. The molecule has 0 spiro atoms. The fourth-order valence-corrected chi connectivity index (χ4v) is 4.12. The Morgan fingerprint density at radius 2 is 1.95 bits per heavy atom. The van der Waals surface area contributed by atoms with E-state index in [0.29, 0.717) is 0 Å². The molecule has 0 aliphatic rings. The van der Waals surface area contributed by atoms with E-state index >= 15 is 0 Å². The third kappa shape index (κ3) is 3.15. The topological polar surface area (TPSA) is 21.3 Å². The van der Waals surface area contributed by atoms with Gasteiger partial charge in [-0.05, 0) is 48.2 Å². The first kappa shape index (κ1) is 16.5. The fraction of sp³-hybridized carbons (Fsp3) is 0.556. The number of thiophene rings is 1. The molecule has 1 N–H and O–H groups in total. The van der Waals surface area contributed by atoms with E-state index in [2.05, 4.69) is 55.7 Å². The van der Waals surface area contributed by atoms with Crippen LogP contribution in [0.5, 0.6) is 0 Å². The zero-order chi connectivity index (χ0) is 15.3. The van der Waals surface area contributed by atoms with Crippen molar-refractivity contribution in [3.8, 4) is 0 Å². The summed E-state index contributed by atoms with van der Waals surface area (Å²) in [4.78, 5) is 0. The van der Waals surface area contributed by atoms with E-state index in [4.69, 9.17) is 4.74 Å². The molecule has 0 aliphatic carbocycles. The van der Waals surface area contributed by atoms with E-state index in [1.54, 1.807) is 0 Å². The number of methoxy groups -OCH3 is 1. The fourth-order valence-electron chi connectivity index (χ4n) is 3.18. The third-order valence-electron chi connectivity index (χ3n) is 4.55. The molecule has 0 bridgehead atoms. The van der Waals surface area contributed by atoms with E-state index in [1.165, 1.54) is 15.6 Å². The van der Waals surface area contributed by atoms with Gasteiger partial charge in [-0.2, -0.15) is 0 Å². The number of fused-ring (bicyclic) bond motifs is 1. The quantitative estimate of drug-likeness (QED) is 0.728. The van der Waals surface area contributed by atoms with Gasteiger partial charge in [-0.3, -0.25) is 0 Å². The van der Waals surface area contributed by atoms with Crippen LogP contribution in [0.1, 0.15) is 51.6 Å². The standard InChI is InChI=1S/C18H27NOS/c1-5-12-19-17(18(6-2,7-3)20-4)15-10-8-9-14-11-13-21-16(14)15/h8-11,13,17,19H,5-7,12H2,1-4H3. The van der Waals surface area contributed by atoms with E-state index in [9.17, 15) is 0 Å². The predicted octanol–water partition coefficient (Wildman–Crippen LogP) is 5.15. The highest BCUT2D eigenvalue weighted by atomic mass is 32.1. The molecule has 2 aromatic rings. The molecule has 3 heteroatoms. The highest BCUT2D eigenvalue weighted by molar-refractivity contribution is 7.17. The van der Waals surface area contributed by atoms with E-state index in [-0.39, 0.29) is 11.6 Å². The summed E-state index contributed by atoms with van der Waals surface area (Å²) in [7, 11) is 1.85. The van der Waals surface area contributed by atoms with Crippen LogP contribution in [0.25, 0.3) is 10.1 Å². The van der Waals surface area contributed by atoms with Crippen LogP contribution < -0.4 is 5.32 Å². The van der Waals surface area contributed by atoms with Gasteiger partial charge in [-0.15, -0.1) is 11.3 Å². The van der Waals surface area contributed by atoms with Gasteiger partial charge >= 0.3 is 0 Å². The SMILES string of the molecule is CCCNC(c1cccc2ccsc12)C(CC)(CC)OC. The first-order valence-corrected chi connectivity index (χ1v) is 8.85. The van der Waals surface area contributed by atoms with Crippen molar-refractivity contribution < 1.29 is 4.74 Å². The van der Waals surface area contributed by atoms with Crippen LogP contribution in [0.4, 0.5) is 0 Å². The van der Waals surface area contributed by atoms with Crippen molar-refractivity contribution in [1.29, 1.82) is 0 Å². The molecule has 1 aromatic carbocycles. The highest BCUT2D eigenvalue weighted by Crippen LogP contribution is 2.39. The maximum absolute atomic E-state index is 6.02. The summed E-state index contributed by atoms with van der Waals surface area (Å²) in [5.41, 5.74) is 1.23. The molecule has 0 radical (unpaired) electrons. The lowest BCUT2D eigenvalue weighted by Crippen LogP contribution is -2.45. The molecule has 0 aliphatic heterocycles. The summed E-state index contributed by atoms with van der Waals surface area (Å²) in [6.07, 6.45) is 3.14. The van der Waals surface area contributed by atoms with Crippen molar-refractivity contribution in [3.63, 3.8) is 0 Å². The Labute approximate surface area is 132 Å². The predicted molar refractivity (Wildman–Crippen MR) is 93.2 cm³/mol. The average molecular weight is 305 g/mol. The van der Waals surface area contributed by atoms with Gasteiger partial charge in [0, 0.05) is 11.8 Å². The normalized spacial score (nSPS) is 13.7. The smallest absolute Gasteiger partial charge is 0.0867 e. The van der Waals surface area contributed by atoms with Gasteiger partial charge in [0.2, 0.25) is 0 Å². The molecular formula is C18H27NOS. The second kappa shape index (κ2) is 7.39. The third-order valence-corrected chi connectivity index (χ3v) is 5.53. The Hall–Kier alpha value is -0.900. The van der Waals surface area contributed by atoms with Crippen LogP contribution in [-0.4, -0.2) is 19.3 Å². The Morgan fingerprint density at radius 3 is 2.57 bits per heavy atom. The summed E-state index contributed by atoms with van der Waals surface area (Å²) in [5, 5.41) is 7.25. The highest BCUT2D eigenvalue weighted by Gasteiger charge is 2.37. The maximum atomic E-state index is 6.02. The molecule has 1 unspecified atom stereocenters. The minimum absolute atomic E-state index is 0.145. The molecule has 0 amide bonds. The number of rotatable bonds is 8. The molecule has 21 heavy (non-hydrogen) atoms. The van der Waals surface area contributed by atoms with Crippen LogP contribution in [-0.2, 0) is 4.74 Å². The Balaban J connectivity index is 2.51. The maximum Gasteiger partial charge on any atom is 0.0867 e. The molecule has 0 fully saturated rings. The van der Waals surface area contributed by atoms with Crippen molar-refractivity contribution in [1.82, 2.24) is 5.32 Å². The minimum Gasteiger partial charge on any atom is -0.376 e. The molecule has 2 nitrogen and oxygen atoms in total. The number of nitrogens with one attached hydrogen (secondary N) is 1. The number of ether oxygens (including phenoxy) is 1.